The van der Waals surface area contributed by atoms with Crippen molar-refractivity contribution in [3.63, 3.8) is 0 Å². The molecule has 0 unspecified atom stereocenters. The molecular formula is C6H5NO8S2. The van der Waals surface area contributed by atoms with Gasteiger partial charge in [0.25, 0.3) is 25.9 Å². The van der Waals surface area contributed by atoms with Crippen molar-refractivity contribution < 1.29 is 30.9 Å². The highest BCUT2D eigenvalue weighted by Gasteiger charge is 2.26. The Balaban J connectivity index is 3.73. The molecule has 11 heteroatoms. The van der Waals surface area contributed by atoms with E-state index in [2.05, 4.69) is 0 Å². The Kier molecular flexibility index (Phi) is 3.20. The summed E-state index contributed by atoms with van der Waals surface area (Å²) in [5.74, 6) is 0. The Hall–Kier alpha value is -1.56. The van der Waals surface area contributed by atoms with E-state index in [9.17, 15) is 26.9 Å². The number of nitro benzene ring substituents is 1. The molecule has 94 valence electrons. The third-order valence-corrected chi connectivity index (χ3v) is 3.63. The van der Waals surface area contributed by atoms with Gasteiger partial charge in [0.15, 0.2) is 0 Å². The van der Waals surface area contributed by atoms with E-state index in [4.69, 9.17) is 9.11 Å². The maximum atomic E-state index is 10.8. The van der Waals surface area contributed by atoms with Crippen LogP contribution >= 0.6 is 0 Å². The SMILES string of the molecule is O=[N+]([O-])c1ccc(S(=O)(=O)O)c(S(=O)(=O)O)c1. The van der Waals surface area contributed by atoms with Gasteiger partial charge in [-0.25, -0.2) is 0 Å². The van der Waals surface area contributed by atoms with E-state index >= 15 is 0 Å². The zero-order valence-corrected chi connectivity index (χ0v) is 9.47. The molecule has 0 amide bonds. The molecule has 1 aromatic rings. The van der Waals surface area contributed by atoms with Gasteiger partial charge in [0.1, 0.15) is 9.79 Å². The van der Waals surface area contributed by atoms with Gasteiger partial charge in [0.05, 0.1) is 4.92 Å². The second-order valence-corrected chi connectivity index (χ2v) is 5.62. The van der Waals surface area contributed by atoms with Gasteiger partial charge < -0.3 is 0 Å². The molecule has 0 bridgehead atoms. The van der Waals surface area contributed by atoms with Crippen molar-refractivity contribution in [1.29, 1.82) is 0 Å². The lowest BCUT2D eigenvalue weighted by molar-refractivity contribution is -0.385. The Morgan fingerprint density at radius 3 is 1.82 bits per heavy atom. The van der Waals surface area contributed by atoms with E-state index in [0.717, 1.165) is 0 Å². The minimum Gasteiger partial charge on any atom is -0.282 e. The van der Waals surface area contributed by atoms with Crippen LogP contribution in [0, 0.1) is 10.1 Å². The van der Waals surface area contributed by atoms with Gasteiger partial charge in [0.2, 0.25) is 0 Å². The number of hydrogen-bond acceptors (Lipinski definition) is 6. The molecule has 0 saturated heterocycles. The fraction of sp³-hybridized carbons (Fsp3) is 0. The van der Waals surface area contributed by atoms with Crippen LogP contribution < -0.4 is 0 Å². The van der Waals surface area contributed by atoms with Gasteiger partial charge in [-0.15, -0.1) is 0 Å². The predicted molar refractivity (Wildman–Crippen MR) is 52.7 cm³/mol. The molecular weight excluding hydrogens is 278 g/mol. The normalized spacial score (nSPS) is 12.4. The Labute approximate surface area is 95.3 Å². The standard InChI is InChI=1S/C6H5NO8S2/c8-7(9)4-1-2-5(16(10,11)12)6(3-4)17(13,14)15/h1-3H,(H,10,11,12)(H,13,14,15). The number of non-ortho nitro benzene ring substituents is 1. The van der Waals surface area contributed by atoms with Crippen molar-refractivity contribution >= 4 is 25.9 Å². The summed E-state index contributed by atoms with van der Waals surface area (Å²) in [6, 6.07) is 1.52. The summed E-state index contributed by atoms with van der Waals surface area (Å²) >= 11 is 0. The Bertz CT molecular complexity index is 674. The van der Waals surface area contributed by atoms with Gasteiger partial charge in [-0.2, -0.15) is 16.8 Å². The lowest BCUT2D eigenvalue weighted by Gasteiger charge is -2.03. The molecule has 1 rings (SSSR count). The lowest BCUT2D eigenvalue weighted by Crippen LogP contribution is -2.08. The summed E-state index contributed by atoms with van der Waals surface area (Å²) < 4.78 is 60.7. The van der Waals surface area contributed by atoms with Crippen LogP contribution in [0.2, 0.25) is 0 Å². The minimum atomic E-state index is -5.02. The summed E-state index contributed by atoms with van der Waals surface area (Å²) in [5, 5.41) is 10.4. The van der Waals surface area contributed by atoms with Crippen molar-refractivity contribution in [2.45, 2.75) is 9.79 Å². The molecule has 0 aromatic heterocycles. The van der Waals surface area contributed by atoms with Crippen molar-refractivity contribution in [1.82, 2.24) is 0 Å². The second-order valence-electron chi connectivity index (χ2n) is 2.84. The van der Waals surface area contributed by atoms with Crippen LogP contribution in [0.4, 0.5) is 5.69 Å². The quantitative estimate of drug-likeness (QED) is 0.449. The van der Waals surface area contributed by atoms with E-state index in [1.807, 2.05) is 0 Å². The second kappa shape index (κ2) is 4.03. The Morgan fingerprint density at radius 1 is 1.00 bits per heavy atom. The molecule has 17 heavy (non-hydrogen) atoms. The molecule has 0 heterocycles. The summed E-state index contributed by atoms with van der Waals surface area (Å²) in [6.07, 6.45) is 0. The van der Waals surface area contributed by atoms with Gasteiger partial charge >= 0.3 is 0 Å². The zero-order chi connectivity index (χ0) is 13.4. The third kappa shape index (κ3) is 2.97. The molecule has 0 fully saturated rings. The van der Waals surface area contributed by atoms with Crippen LogP contribution in [0.25, 0.3) is 0 Å². The molecule has 0 aliphatic rings. The number of nitrogens with zero attached hydrogens (tertiary/aromatic N) is 1. The first-order chi connectivity index (χ1) is 7.53. The van der Waals surface area contributed by atoms with Crippen LogP contribution in [-0.4, -0.2) is 30.9 Å². The van der Waals surface area contributed by atoms with Crippen LogP contribution in [0.5, 0.6) is 0 Å². The van der Waals surface area contributed by atoms with Gasteiger partial charge in [-0.3, -0.25) is 19.2 Å². The third-order valence-electron chi connectivity index (χ3n) is 1.69. The molecule has 0 saturated carbocycles. The summed E-state index contributed by atoms with van der Waals surface area (Å²) in [7, 11) is -9.94. The van der Waals surface area contributed by atoms with Gasteiger partial charge in [-0.1, -0.05) is 0 Å². The number of hydrogen-bond donors (Lipinski definition) is 2. The maximum Gasteiger partial charge on any atom is 0.296 e. The topological polar surface area (TPSA) is 152 Å². The smallest absolute Gasteiger partial charge is 0.282 e. The van der Waals surface area contributed by atoms with Crippen LogP contribution in [0.15, 0.2) is 28.0 Å². The average Bonchev–Trinajstić information content (AvgIpc) is 2.14. The summed E-state index contributed by atoms with van der Waals surface area (Å²) in [4.78, 5) is 6.99. The number of nitro groups is 1. The summed E-state index contributed by atoms with van der Waals surface area (Å²) in [5.41, 5.74) is -0.745. The van der Waals surface area contributed by atoms with Crippen molar-refractivity contribution in [2.75, 3.05) is 0 Å². The van der Waals surface area contributed by atoms with Gasteiger partial charge in [0, 0.05) is 12.1 Å². The van der Waals surface area contributed by atoms with Gasteiger partial charge in [-0.05, 0) is 6.07 Å². The Morgan fingerprint density at radius 2 is 1.47 bits per heavy atom. The minimum absolute atomic E-state index is 0.332. The van der Waals surface area contributed by atoms with E-state index in [-0.39, 0.29) is 0 Å². The molecule has 9 nitrogen and oxygen atoms in total. The number of benzene rings is 1. The molecule has 0 atom stereocenters. The molecule has 0 aliphatic heterocycles. The van der Waals surface area contributed by atoms with Crippen LogP contribution in [0.1, 0.15) is 0 Å². The van der Waals surface area contributed by atoms with E-state index in [0.29, 0.717) is 18.2 Å². The largest absolute Gasteiger partial charge is 0.296 e. The van der Waals surface area contributed by atoms with Crippen molar-refractivity contribution in [3.8, 4) is 0 Å². The number of rotatable bonds is 3. The van der Waals surface area contributed by atoms with Crippen molar-refractivity contribution in [3.05, 3.63) is 28.3 Å². The highest BCUT2D eigenvalue weighted by molar-refractivity contribution is 7.89. The molecule has 0 spiro atoms. The fourth-order valence-electron chi connectivity index (χ4n) is 1.03. The highest BCUT2D eigenvalue weighted by atomic mass is 32.2. The van der Waals surface area contributed by atoms with E-state index < -0.39 is 40.6 Å². The lowest BCUT2D eigenvalue weighted by atomic mass is 10.3. The first-order valence-electron chi connectivity index (χ1n) is 3.77. The molecule has 2 N–H and O–H groups in total. The maximum absolute atomic E-state index is 10.8. The molecule has 1 aromatic carbocycles. The highest BCUT2D eigenvalue weighted by Crippen LogP contribution is 2.25. The van der Waals surface area contributed by atoms with Crippen LogP contribution in [0.3, 0.4) is 0 Å². The fourth-order valence-corrected chi connectivity index (χ4v) is 2.80. The first kappa shape index (κ1) is 13.5. The predicted octanol–water partition coefficient (Wildman–Crippen LogP) is 0.0882. The average molecular weight is 283 g/mol. The first-order valence-corrected chi connectivity index (χ1v) is 6.65. The van der Waals surface area contributed by atoms with Crippen LogP contribution in [-0.2, 0) is 20.2 Å². The molecule has 0 aliphatic carbocycles. The monoisotopic (exact) mass is 283 g/mol. The summed E-state index contributed by atoms with van der Waals surface area (Å²) in [6.45, 7) is 0. The van der Waals surface area contributed by atoms with E-state index in [1.165, 1.54) is 0 Å². The van der Waals surface area contributed by atoms with Crippen molar-refractivity contribution in [2.24, 2.45) is 0 Å². The molecule has 0 radical (unpaired) electrons. The zero-order valence-electron chi connectivity index (χ0n) is 7.84. The van der Waals surface area contributed by atoms with E-state index in [1.54, 1.807) is 0 Å².